The van der Waals surface area contributed by atoms with E-state index in [1.807, 2.05) is 63.2 Å². The van der Waals surface area contributed by atoms with Gasteiger partial charge < -0.3 is 4.42 Å². The predicted molar refractivity (Wildman–Crippen MR) is 95.4 cm³/mol. The summed E-state index contributed by atoms with van der Waals surface area (Å²) in [6, 6.07) is 13.6. The van der Waals surface area contributed by atoms with E-state index in [0.717, 1.165) is 11.1 Å². The van der Waals surface area contributed by atoms with Gasteiger partial charge in [-0.15, -0.1) is 10.2 Å². The van der Waals surface area contributed by atoms with Crippen LogP contribution in [0.25, 0.3) is 11.5 Å². The maximum Gasteiger partial charge on any atom is 0.277 e. The molecular weight excluding hydrogens is 320 g/mol. The van der Waals surface area contributed by atoms with Crippen LogP contribution in [0.2, 0.25) is 0 Å². The molecule has 0 aliphatic carbocycles. The summed E-state index contributed by atoms with van der Waals surface area (Å²) >= 11 is 1.26. The molecule has 1 aromatic heterocycles. The molecule has 0 unspecified atom stereocenters. The lowest BCUT2D eigenvalue weighted by Gasteiger charge is -2.03. The van der Waals surface area contributed by atoms with E-state index >= 15 is 0 Å². The summed E-state index contributed by atoms with van der Waals surface area (Å²) in [5.41, 5.74) is 5.06. The van der Waals surface area contributed by atoms with Crippen molar-refractivity contribution in [3.05, 3.63) is 64.7 Å². The van der Waals surface area contributed by atoms with Crippen LogP contribution in [0.5, 0.6) is 0 Å². The lowest BCUT2D eigenvalue weighted by atomic mass is 10.0. The third-order valence-electron chi connectivity index (χ3n) is 3.86. The number of nitrogens with zero attached hydrogens (tertiary/aromatic N) is 2. The van der Waals surface area contributed by atoms with Crippen LogP contribution >= 0.6 is 11.8 Å². The fourth-order valence-corrected chi connectivity index (χ4v) is 2.86. The summed E-state index contributed by atoms with van der Waals surface area (Å²) in [7, 11) is 0. The largest absolute Gasteiger partial charge is 0.411 e. The van der Waals surface area contributed by atoms with Crippen molar-refractivity contribution in [1.82, 2.24) is 10.2 Å². The molecule has 0 radical (unpaired) electrons. The van der Waals surface area contributed by atoms with Crippen LogP contribution in [0.3, 0.4) is 0 Å². The van der Waals surface area contributed by atoms with E-state index in [1.54, 1.807) is 0 Å². The molecular formula is C19H18N2O2S. The van der Waals surface area contributed by atoms with Crippen molar-refractivity contribution in [1.29, 1.82) is 0 Å². The summed E-state index contributed by atoms with van der Waals surface area (Å²) in [5.74, 6) is 0.798. The molecule has 0 saturated carbocycles. The van der Waals surface area contributed by atoms with E-state index in [9.17, 15) is 4.79 Å². The molecule has 0 N–H and O–H groups in total. The maximum absolute atomic E-state index is 12.3. The zero-order valence-corrected chi connectivity index (χ0v) is 14.7. The molecule has 0 spiro atoms. The standard InChI is InChI=1S/C19H18N2O2S/c1-12-4-7-15(8-5-12)18-20-21-19(23-18)24-11-17(22)16-9-6-13(2)14(3)10-16/h4-10H,11H2,1-3H3. The Balaban J connectivity index is 1.65. The lowest BCUT2D eigenvalue weighted by Crippen LogP contribution is -2.03. The average molecular weight is 338 g/mol. The average Bonchev–Trinajstić information content (AvgIpc) is 3.05. The van der Waals surface area contributed by atoms with Crippen molar-refractivity contribution >= 4 is 17.5 Å². The first-order valence-electron chi connectivity index (χ1n) is 7.67. The molecule has 0 fully saturated rings. The molecule has 0 atom stereocenters. The van der Waals surface area contributed by atoms with Gasteiger partial charge in [-0.1, -0.05) is 41.6 Å². The van der Waals surface area contributed by atoms with Gasteiger partial charge in [-0.25, -0.2) is 0 Å². The molecule has 3 aromatic rings. The van der Waals surface area contributed by atoms with E-state index in [2.05, 4.69) is 10.2 Å². The van der Waals surface area contributed by atoms with Crippen LogP contribution in [-0.2, 0) is 0 Å². The zero-order chi connectivity index (χ0) is 17.1. The smallest absolute Gasteiger partial charge is 0.277 e. The molecule has 0 saturated heterocycles. The Morgan fingerprint density at radius 1 is 1.00 bits per heavy atom. The highest BCUT2D eigenvalue weighted by Crippen LogP contribution is 2.24. The number of hydrogen-bond donors (Lipinski definition) is 0. The molecule has 3 rings (SSSR count). The topological polar surface area (TPSA) is 56.0 Å². The maximum atomic E-state index is 12.3. The molecule has 0 bridgehead atoms. The van der Waals surface area contributed by atoms with E-state index < -0.39 is 0 Å². The summed E-state index contributed by atoms with van der Waals surface area (Å²) in [6.07, 6.45) is 0. The zero-order valence-electron chi connectivity index (χ0n) is 13.9. The molecule has 0 aliphatic heterocycles. The van der Waals surface area contributed by atoms with E-state index in [0.29, 0.717) is 16.7 Å². The van der Waals surface area contributed by atoms with Crippen LogP contribution in [-0.4, -0.2) is 21.7 Å². The van der Waals surface area contributed by atoms with Gasteiger partial charge in [0.05, 0.1) is 5.75 Å². The number of aromatic nitrogens is 2. The third-order valence-corrected chi connectivity index (χ3v) is 4.68. The predicted octanol–water partition coefficient (Wildman–Crippen LogP) is 4.64. The van der Waals surface area contributed by atoms with Gasteiger partial charge in [0, 0.05) is 11.1 Å². The monoisotopic (exact) mass is 338 g/mol. The minimum Gasteiger partial charge on any atom is -0.411 e. The van der Waals surface area contributed by atoms with Gasteiger partial charge in [-0.3, -0.25) is 4.79 Å². The van der Waals surface area contributed by atoms with Gasteiger partial charge in [0.15, 0.2) is 5.78 Å². The third kappa shape index (κ3) is 3.74. The summed E-state index contributed by atoms with van der Waals surface area (Å²) in [4.78, 5) is 12.3. The Morgan fingerprint density at radius 2 is 1.75 bits per heavy atom. The Morgan fingerprint density at radius 3 is 2.46 bits per heavy atom. The highest BCUT2D eigenvalue weighted by molar-refractivity contribution is 7.99. The van der Waals surface area contributed by atoms with Crippen molar-refractivity contribution in [2.75, 3.05) is 5.75 Å². The lowest BCUT2D eigenvalue weighted by molar-refractivity contribution is 0.102. The Kier molecular flexibility index (Phi) is 4.81. The van der Waals surface area contributed by atoms with Crippen molar-refractivity contribution in [2.45, 2.75) is 26.0 Å². The SMILES string of the molecule is Cc1ccc(-c2nnc(SCC(=O)c3ccc(C)c(C)c3)o2)cc1. The van der Waals surface area contributed by atoms with Gasteiger partial charge in [-0.05, 0) is 50.1 Å². The number of hydrogen-bond acceptors (Lipinski definition) is 5. The normalized spacial score (nSPS) is 10.8. The van der Waals surface area contributed by atoms with Crippen LogP contribution < -0.4 is 0 Å². The second-order valence-electron chi connectivity index (χ2n) is 5.75. The number of thioether (sulfide) groups is 1. The Labute approximate surface area is 145 Å². The minimum absolute atomic E-state index is 0.0539. The van der Waals surface area contributed by atoms with Crippen molar-refractivity contribution < 1.29 is 9.21 Å². The highest BCUT2D eigenvalue weighted by Gasteiger charge is 2.12. The molecule has 0 aliphatic rings. The number of aryl methyl sites for hydroxylation is 3. The molecule has 5 heteroatoms. The first-order chi connectivity index (χ1) is 11.5. The van der Waals surface area contributed by atoms with E-state index in [1.165, 1.54) is 22.9 Å². The molecule has 2 aromatic carbocycles. The summed E-state index contributed by atoms with van der Waals surface area (Å²) in [5, 5.41) is 8.46. The molecule has 4 nitrogen and oxygen atoms in total. The van der Waals surface area contributed by atoms with Crippen molar-refractivity contribution in [3.8, 4) is 11.5 Å². The van der Waals surface area contributed by atoms with Gasteiger partial charge in [0.1, 0.15) is 0 Å². The fourth-order valence-electron chi connectivity index (χ4n) is 2.21. The number of carbonyl (C=O) groups is 1. The summed E-state index contributed by atoms with van der Waals surface area (Å²) < 4.78 is 5.63. The van der Waals surface area contributed by atoms with Gasteiger partial charge in [-0.2, -0.15) is 0 Å². The Bertz CT molecular complexity index is 869. The van der Waals surface area contributed by atoms with Crippen LogP contribution in [0, 0.1) is 20.8 Å². The number of ketones is 1. The number of Topliss-reactive ketones (excluding diaryl/α,β-unsaturated/α-hetero) is 1. The second-order valence-corrected chi connectivity index (χ2v) is 6.68. The number of rotatable bonds is 5. The van der Waals surface area contributed by atoms with Gasteiger partial charge >= 0.3 is 0 Å². The van der Waals surface area contributed by atoms with Crippen molar-refractivity contribution in [2.24, 2.45) is 0 Å². The minimum atomic E-state index is 0.0539. The van der Waals surface area contributed by atoms with Crippen LogP contribution in [0.1, 0.15) is 27.0 Å². The number of benzene rings is 2. The Hall–Kier alpha value is -2.40. The van der Waals surface area contributed by atoms with Gasteiger partial charge in [0.25, 0.3) is 5.22 Å². The first-order valence-corrected chi connectivity index (χ1v) is 8.65. The fraction of sp³-hybridized carbons (Fsp3) is 0.211. The first kappa shape index (κ1) is 16.5. The van der Waals surface area contributed by atoms with Crippen LogP contribution in [0.4, 0.5) is 0 Å². The van der Waals surface area contributed by atoms with Crippen LogP contribution in [0.15, 0.2) is 52.1 Å². The van der Waals surface area contributed by atoms with Crippen molar-refractivity contribution in [3.63, 3.8) is 0 Å². The van der Waals surface area contributed by atoms with Gasteiger partial charge in [0.2, 0.25) is 5.89 Å². The second kappa shape index (κ2) is 7.01. The molecule has 122 valence electrons. The number of carbonyl (C=O) groups excluding carboxylic acids is 1. The molecule has 1 heterocycles. The van der Waals surface area contributed by atoms with E-state index in [-0.39, 0.29) is 11.5 Å². The summed E-state index contributed by atoms with van der Waals surface area (Å²) in [6.45, 7) is 6.06. The highest BCUT2D eigenvalue weighted by atomic mass is 32.2. The molecule has 0 amide bonds. The molecule has 24 heavy (non-hydrogen) atoms. The van der Waals surface area contributed by atoms with E-state index in [4.69, 9.17) is 4.42 Å². The quantitative estimate of drug-likeness (QED) is 0.501.